The third-order valence-electron chi connectivity index (χ3n) is 4.48. The molecule has 0 amide bonds. The minimum absolute atomic E-state index is 0.287. The van der Waals surface area contributed by atoms with Crippen LogP contribution in [0.2, 0.25) is 0 Å². The Morgan fingerprint density at radius 3 is 2.61 bits per heavy atom. The van der Waals surface area contributed by atoms with Crippen molar-refractivity contribution in [3.05, 3.63) is 69.9 Å². The predicted octanol–water partition coefficient (Wildman–Crippen LogP) is 4.32. The Morgan fingerprint density at radius 2 is 1.94 bits per heavy atom. The van der Waals surface area contributed by atoms with Crippen LogP contribution in [0.4, 0.5) is 24.5 Å². The van der Waals surface area contributed by atoms with E-state index in [9.17, 15) is 32.9 Å². The number of carbonyl (C=O) groups is 2. The molecule has 1 aromatic heterocycles. The molecule has 11 heteroatoms. The Bertz CT molecular complexity index is 1160. The van der Waals surface area contributed by atoms with Gasteiger partial charge in [-0.1, -0.05) is 18.2 Å². The van der Waals surface area contributed by atoms with Crippen molar-refractivity contribution in [3.63, 3.8) is 0 Å². The summed E-state index contributed by atoms with van der Waals surface area (Å²) < 4.78 is 43.4. The van der Waals surface area contributed by atoms with Crippen LogP contribution in [0.15, 0.2) is 48.7 Å². The molecule has 3 rings (SSSR count). The maximum absolute atomic E-state index is 12.8. The van der Waals surface area contributed by atoms with E-state index in [2.05, 4.69) is 10.3 Å². The van der Waals surface area contributed by atoms with Crippen molar-refractivity contribution in [1.29, 1.82) is 0 Å². The van der Waals surface area contributed by atoms with Crippen LogP contribution in [-0.2, 0) is 15.7 Å². The van der Waals surface area contributed by atoms with Crippen molar-refractivity contribution in [1.82, 2.24) is 4.98 Å². The smallest absolute Gasteiger partial charge is 0.416 e. The van der Waals surface area contributed by atoms with Crippen molar-refractivity contribution in [3.8, 4) is 0 Å². The molecule has 2 N–H and O–H groups in total. The molecule has 2 aromatic carbocycles. The number of aromatic nitrogens is 1. The number of hydrogen-bond acceptors (Lipinski definition) is 6. The zero-order chi connectivity index (χ0) is 22.8. The lowest BCUT2D eigenvalue weighted by atomic mass is 10.1. The summed E-state index contributed by atoms with van der Waals surface area (Å²) in [5.74, 6) is -1.36. The SMILES string of the molecule is CC(Nc1ccc(C(F)(F)F)cc1[N+](=O)[O-])C(=O)OCC(=O)c1c[nH]c2ccccc12. The van der Waals surface area contributed by atoms with Crippen LogP contribution < -0.4 is 5.32 Å². The molecule has 1 unspecified atom stereocenters. The number of carbonyl (C=O) groups excluding carboxylic acids is 2. The lowest BCUT2D eigenvalue weighted by Gasteiger charge is -2.15. The number of ketones is 1. The van der Waals surface area contributed by atoms with Gasteiger partial charge in [-0.25, -0.2) is 4.79 Å². The summed E-state index contributed by atoms with van der Waals surface area (Å²) in [5.41, 5.74) is -1.25. The van der Waals surface area contributed by atoms with Gasteiger partial charge >= 0.3 is 12.1 Å². The maximum atomic E-state index is 12.8. The first kappa shape index (κ1) is 21.8. The van der Waals surface area contributed by atoms with Gasteiger partial charge in [-0.3, -0.25) is 14.9 Å². The Balaban J connectivity index is 1.67. The van der Waals surface area contributed by atoms with Crippen molar-refractivity contribution in [2.45, 2.75) is 19.1 Å². The number of Topliss-reactive ketones (excluding diaryl/α,β-unsaturated/α-hetero) is 1. The topological polar surface area (TPSA) is 114 Å². The van der Waals surface area contributed by atoms with E-state index in [1.54, 1.807) is 24.3 Å². The fraction of sp³-hybridized carbons (Fsp3) is 0.200. The second kappa shape index (κ2) is 8.46. The van der Waals surface area contributed by atoms with Gasteiger partial charge in [0.25, 0.3) is 5.69 Å². The van der Waals surface area contributed by atoms with Crippen LogP contribution in [-0.4, -0.2) is 34.3 Å². The molecule has 0 spiro atoms. The van der Waals surface area contributed by atoms with Gasteiger partial charge in [0.2, 0.25) is 5.78 Å². The number of halogens is 3. The number of fused-ring (bicyclic) bond motifs is 1. The maximum Gasteiger partial charge on any atom is 0.416 e. The van der Waals surface area contributed by atoms with Crippen molar-refractivity contribution in [2.24, 2.45) is 0 Å². The summed E-state index contributed by atoms with van der Waals surface area (Å²) in [6.45, 7) is 0.738. The molecular formula is C20H16F3N3O5. The van der Waals surface area contributed by atoms with Gasteiger partial charge < -0.3 is 15.0 Å². The number of H-pyrrole nitrogens is 1. The van der Waals surface area contributed by atoms with E-state index in [0.29, 0.717) is 23.1 Å². The average Bonchev–Trinajstić information content (AvgIpc) is 3.15. The Morgan fingerprint density at radius 1 is 1.23 bits per heavy atom. The first-order valence-corrected chi connectivity index (χ1v) is 8.96. The number of nitro groups is 1. The second-order valence-corrected chi connectivity index (χ2v) is 6.63. The number of nitrogens with zero attached hydrogens (tertiary/aromatic N) is 1. The van der Waals surface area contributed by atoms with Crippen molar-refractivity contribution < 1.29 is 32.4 Å². The number of ether oxygens (including phenoxy) is 1. The molecule has 1 heterocycles. The Labute approximate surface area is 173 Å². The third kappa shape index (κ3) is 4.82. The fourth-order valence-electron chi connectivity index (χ4n) is 2.91. The summed E-state index contributed by atoms with van der Waals surface area (Å²) >= 11 is 0. The number of esters is 1. The summed E-state index contributed by atoms with van der Waals surface area (Å²) in [4.78, 5) is 37.6. The number of benzene rings is 2. The van der Waals surface area contributed by atoms with E-state index >= 15 is 0 Å². The Kier molecular flexibility index (Phi) is 5.95. The van der Waals surface area contributed by atoms with E-state index in [4.69, 9.17) is 4.74 Å². The molecule has 0 saturated carbocycles. The first-order valence-electron chi connectivity index (χ1n) is 8.96. The lowest BCUT2D eigenvalue weighted by Crippen LogP contribution is -2.30. The summed E-state index contributed by atoms with van der Waals surface area (Å²) in [6.07, 6.45) is -3.26. The highest BCUT2D eigenvalue weighted by atomic mass is 19.4. The molecule has 0 saturated heterocycles. The molecule has 0 aliphatic rings. The van der Waals surface area contributed by atoms with Gasteiger partial charge in [0, 0.05) is 28.7 Å². The van der Waals surface area contributed by atoms with E-state index in [-0.39, 0.29) is 5.69 Å². The quantitative estimate of drug-likeness (QED) is 0.247. The molecule has 0 aliphatic carbocycles. The van der Waals surface area contributed by atoms with Crippen LogP contribution in [0.1, 0.15) is 22.8 Å². The highest BCUT2D eigenvalue weighted by Crippen LogP contribution is 2.35. The highest BCUT2D eigenvalue weighted by Gasteiger charge is 2.33. The number of anilines is 1. The minimum atomic E-state index is -4.75. The van der Waals surface area contributed by atoms with E-state index in [1.165, 1.54) is 13.1 Å². The van der Waals surface area contributed by atoms with E-state index in [1.807, 2.05) is 0 Å². The number of nitro benzene ring substituents is 1. The average molecular weight is 435 g/mol. The molecule has 31 heavy (non-hydrogen) atoms. The molecule has 162 valence electrons. The fourth-order valence-corrected chi connectivity index (χ4v) is 2.91. The molecule has 0 bridgehead atoms. The molecule has 0 radical (unpaired) electrons. The molecule has 0 fully saturated rings. The number of hydrogen-bond donors (Lipinski definition) is 2. The van der Waals surface area contributed by atoms with Crippen LogP contribution in [0.25, 0.3) is 10.9 Å². The normalized spacial score (nSPS) is 12.4. The number of aromatic amines is 1. The van der Waals surface area contributed by atoms with Gasteiger partial charge in [0.05, 0.1) is 10.5 Å². The van der Waals surface area contributed by atoms with Crippen LogP contribution >= 0.6 is 0 Å². The Hall–Kier alpha value is -3.89. The summed E-state index contributed by atoms with van der Waals surface area (Å²) in [5, 5.41) is 14.3. The highest BCUT2D eigenvalue weighted by molar-refractivity contribution is 6.08. The first-order chi connectivity index (χ1) is 14.6. The molecule has 1 atom stereocenters. The summed E-state index contributed by atoms with van der Waals surface area (Å²) in [7, 11) is 0. The minimum Gasteiger partial charge on any atom is -0.456 e. The van der Waals surface area contributed by atoms with Gasteiger partial charge in [-0.15, -0.1) is 0 Å². The van der Waals surface area contributed by atoms with Crippen LogP contribution in [0.3, 0.4) is 0 Å². The number of para-hydroxylation sites is 1. The zero-order valence-electron chi connectivity index (χ0n) is 16.0. The third-order valence-corrected chi connectivity index (χ3v) is 4.48. The second-order valence-electron chi connectivity index (χ2n) is 6.63. The van der Waals surface area contributed by atoms with Crippen LogP contribution in [0, 0.1) is 10.1 Å². The predicted molar refractivity (Wildman–Crippen MR) is 105 cm³/mol. The van der Waals surface area contributed by atoms with Crippen molar-refractivity contribution in [2.75, 3.05) is 11.9 Å². The standard InChI is InChI=1S/C20H16F3N3O5/c1-11(25-16-7-6-12(20(21,22)23)8-17(16)26(29)30)19(28)31-10-18(27)14-9-24-15-5-3-2-4-13(14)15/h2-9,11,24-25H,10H2,1H3. The zero-order valence-corrected chi connectivity index (χ0v) is 16.0. The number of alkyl halides is 3. The van der Waals surface area contributed by atoms with Gasteiger partial charge in [0.15, 0.2) is 6.61 Å². The molecule has 3 aromatic rings. The van der Waals surface area contributed by atoms with E-state index in [0.717, 1.165) is 11.6 Å². The van der Waals surface area contributed by atoms with Gasteiger partial charge in [-0.05, 0) is 25.1 Å². The lowest BCUT2D eigenvalue weighted by molar-refractivity contribution is -0.384. The van der Waals surface area contributed by atoms with E-state index < -0.39 is 46.8 Å². The molecular weight excluding hydrogens is 419 g/mol. The van der Waals surface area contributed by atoms with Crippen molar-refractivity contribution >= 4 is 34.0 Å². The molecule has 8 nitrogen and oxygen atoms in total. The summed E-state index contributed by atoms with van der Waals surface area (Å²) in [6, 6.07) is 7.79. The van der Waals surface area contributed by atoms with Gasteiger partial charge in [-0.2, -0.15) is 13.2 Å². The van der Waals surface area contributed by atoms with Crippen LogP contribution in [0.5, 0.6) is 0 Å². The number of nitrogens with one attached hydrogen (secondary N) is 2. The molecule has 0 aliphatic heterocycles. The van der Waals surface area contributed by atoms with Gasteiger partial charge in [0.1, 0.15) is 11.7 Å². The monoisotopic (exact) mass is 435 g/mol. The number of rotatable bonds is 7. The largest absolute Gasteiger partial charge is 0.456 e.